The lowest BCUT2D eigenvalue weighted by Crippen LogP contribution is -2.51. The maximum absolute atomic E-state index is 13.9. The van der Waals surface area contributed by atoms with Crippen LogP contribution in [0.15, 0.2) is 77.7 Å². The summed E-state index contributed by atoms with van der Waals surface area (Å²) in [6.45, 7) is 12.1. The van der Waals surface area contributed by atoms with Crippen LogP contribution in [0.1, 0.15) is 58.2 Å². The normalized spacial score (nSPS) is 13.3. The second-order valence-corrected chi connectivity index (χ2v) is 14.6. The number of benzene rings is 3. The molecule has 11 heteroatoms. The highest BCUT2D eigenvalue weighted by molar-refractivity contribution is 7.89. The lowest BCUT2D eigenvalue weighted by Gasteiger charge is -2.31. The third-order valence-electron chi connectivity index (χ3n) is 6.79. The fourth-order valence-electron chi connectivity index (χ4n) is 4.67. The summed E-state index contributed by atoms with van der Waals surface area (Å²) in [7, 11) is -4.09. The van der Waals surface area contributed by atoms with Crippen molar-refractivity contribution in [2.45, 2.75) is 84.1 Å². The number of ether oxygens (including phenoxy) is 3. The summed E-state index contributed by atoms with van der Waals surface area (Å²) >= 11 is 0. The Bertz CT molecular complexity index is 1550. The molecule has 0 bridgehead atoms. The van der Waals surface area contributed by atoms with E-state index >= 15 is 0 Å². The second-order valence-electron chi connectivity index (χ2n) is 12.7. The van der Waals surface area contributed by atoms with Crippen LogP contribution in [0.2, 0.25) is 0 Å². The number of alkyl carbamates (subject to hydrolysis) is 1. The van der Waals surface area contributed by atoms with Crippen molar-refractivity contribution >= 4 is 22.1 Å². The van der Waals surface area contributed by atoms with Crippen molar-refractivity contribution in [2.24, 2.45) is 5.92 Å². The van der Waals surface area contributed by atoms with Gasteiger partial charge in [0, 0.05) is 20.0 Å². The summed E-state index contributed by atoms with van der Waals surface area (Å²) < 4.78 is 45.4. The Hall–Kier alpha value is -3.93. The Morgan fingerprint density at radius 1 is 0.935 bits per heavy atom. The Labute approximate surface area is 272 Å². The van der Waals surface area contributed by atoms with Crippen LogP contribution in [0.4, 0.5) is 4.79 Å². The van der Waals surface area contributed by atoms with E-state index in [-0.39, 0.29) is 36.1 Å². The highest BCUT2D eigenvalue weighted by Crippen LogP contribution is 2.26. The van der Waals surface area contributed by atoms with Crippen molar-refractivity contribution in [3.05, 3.63) is 89.5 Å². The summed E-state index contributed by atoms with van der Waals surface area (Å²) in [5.41, 5.74) is 1.53. The van der Waals surface area contributed by atoms with Crippen LogP contribution in [0, 0.1) is 12.8 Å². The van der Waals surface area contributed by atoms with E-state index in [0.29, 0.717) is 17.9 Å². The lowest BCUT2D eigenvalue weighted by molar-refractivity contribution is -0.131. The number of carbonyl (C=O) groups is 2. The summed E-state index contributed by atoms with van der Waals surface area (Å²) in [6, 6.07) is 20.5. The van der Waals surface area contributed by atoms with Gasteiger partial charge in [-0.2, -0.15) is 4.31 Å². The Kier molecular flexibility index (Phi) is 12.8. The highest BCUT2D eigenvalue weighted by atomic mass is 32.2. The number of sulfonamides is 1. The van der Waals surface area contributed by atoms with Crippen molar-refractivity contribution in [3.63, 3.8) is 0 Å². The molecule has 10 nitrogen and oxygen atoms in total. The van der Waals surface area contributed by atoms with Crippen molar-refractivity contribution in [1.82, 2.24) is 9.62 Å². The average Bonchev–Trinajstić information content (AvgIpc) is 2.96. The van der Waals surface area contributed by atoms with Gasteiger partial charge in [-0.1, -0.05) is 56.3 Å². The van der Waals surface area contributed by atoms with Crippen molar-refractivity contribution in [1.29, 1.82) is 0 Å². The first-order valence-electron chi connectivity index (χ1n) is 15.3. The number of nitrogens with one attached hydrogen (secondary N) is 1. The molecule has 0 saturated carbocycles. The first-order valence-corrected chi connectivity index (χ1v) is 16.7. The van der Waals surface area contributed by atoms with Gasteiger partial charge in [0.15, 0.2) is 0 Å². The van der Waals surface area contributed by atoms with Gasteiger partial charge < -0.3 is 24.6 Å². The molecule has 3 rings (SSSR count). The molecule has 2 atom stereocenters. The van der Waals surface area contributed by atoms with Gasteiger partial charge in [-0.05, 0) is 87.1 Å². The monoisotopic (exact) mass is 654 g/mol. The molecule has 0 fully saturated rings. The molecule has 3 aromatic carbocycles. The van der Waals surface area contributed by atoms with Crippen LogP contribution < -0.4 is 14.8 Å². The third-order valence-corrected chi connectivity index (χ3v) is 8.62. The number of rotatable bonds is 14. The Morgan fingerprint density at radius 3 is 2.15 bits per heavy atom. The van der Waals surface area contributed by atoms with Gasteiger partial charge in [-0.25, -0.2) is 13.2 Å². The molecule has 0 heterocycles. The Morgan fingerprint density at radius 2 is 1.59 bits per heavy atom. The largest absolute Gasteiger partial charge is 0.489 e. The number of aryl methyl sites for hydroxylation is 1. The topological polar surface area (TPSA) is 131 Å². The molecule has 1 amide bonds. The molecule has 0 spiro atoms. The van der Waals surface area contributed by atoms with Gasteiger partial charge >= 0.3 is 12.1 Å². The smallest absolute Gasteiger partial charge is 0.407 e. The standard InChI is InChI=1S/C35H46N2O8S/c1-24(2)21-37(46(41,42)30-17-18-33(25(3)19-30)44-26(4)38)22-32(39)31(36-34(40)45-35(5,6)7)20-27-13-15-29(16-14-27)43-23-28-11-9-8-10-12-28/h8-19,24,31-32,39H,20-23H2,1-7H3,(H,36,40)/t31-,32+/m0/s1. The number of hydrogen-bond donors (Lipinski definition) is 2. The molecule has 0 aliphatic carbocycles. The minimum Gasteiger partial charge on any atom is -0.489 e. The molecular formula is C35H46N2O8S. The van der Waals surface area contributed by atoms with E-state index in [0.717, 1.165) is 11.1 Å². The van der Waals surface area contributed by atoms with Crippen LogP contribution in [0.5, 0.6) is 11.5 Å². The van der Waals surface area contributed by atoms with E-state index in [2.05, 4.69) is 5.32 Å². The number of hydrogen-bond acceptors (Lipinski definition) is 8. The summed E-state index contributed by atoms with van der Waals surface area (Å²) in [6.07, 6.45) is -1.82. The van der Waals surface area contributed by atoms with Crippen LogP contribution in [0.25, 0.3) is 0 Å². The van der Waals surface area contributed by atoms with Crippen LogP contribution in [-0.4, -0.2) is 60.7 Å². The van der Waals surface area contributed by atoms with Gasteiger partial charge in [0.2, 0.25) is 10.0 Å². The van der Waals surface area contributed by atoms with Gasteiger partial charge in [-0.3, -0.25) is 4.79 Å². The molecule has 0 radical (unpaired) electrons. The number of aliphatic hydroxyl groups is 1. The van der Waals surface area contributed by atoms with Crippen molar-refractivity contribution < 1.29 is 37.3 Å². The van der Waals surface area contributed by atoms with Gasteiger partial charge in [0.05, 0.1) is 17.0 Å². The minimum atomic E-state index is -4.09. The third kappa shape index (κ3) is 11.5. The molecular weight excluding hydrogens is 608 g/mol. The van der Waals surface area contributed by atoms with Gasteiger partial charge in [-0.15, -0.1) is 0 Å². The molecule has 0 aliphatic rings. The summed E-state index contributed by atoms with van der Waals surface area (Å²) in [4.78, 5) is 24.3. The zero-order chi connectivity index (χ0) is 34.1. The maximum Gasteiger partial charge on any atom is 0.407 e. The first kappa shape index (κ1) is 36.5. The fraction of sp³-hybridized carbons (Fsp3) is 0.429. The molecule has 0 aliphatic heterocycles. The Balaban J connectivity index is 1.83. The van der Waals surface area contributed by atoms with E-state index in [1.807, 2.05) is 68.4 Å². The SMILES string of the molecule is CC(=O)Oc1ccc(S(=O)(=O)N(CC(C)C)C[C@@H](O)[C@H](Cc2ccc(OCc3ccccc3)cc2)NC(=O)OC(C)(C)C)cc1C. The fourth-order valence-corrected chi connectivity index (χ4v) is 6.38. The van der Waals surface area contributed by atoms with Crippen molar-refractivity contribution in [2.75, 3.05) is 13.1 Å². The highest BCUT2D eigenvalue weighted by Gasteiger charge is 2.32. The maximum atomic E-state index is 13.9. The molecule has 0 saturated heterocycles. The molecule has 2 N–H and O–H groups in total. The van der Waals surface area contributed by atoms with E-state index in [9.17, 15) is 23.1 Å². The minimum absolute atomic E-state index is 0.00325. The van der Waals surface area contributed by atoms with Crippen molar-refractivity contribution in [3.8, 4) is 11.5 Å². The van der Waals surface area contributed by atoms with E-state index in [1.165, 1.54) is 29.4 Å². The predicted octanol–water partition coefficient (Wildman–Crippen LogP) is 5.64. The zero-order valence-electron chi connectivity index (χ0n) is 27.6. The number of nitrogens with zero attached hydrogens (tertiary/aromatic N) is 1. The van der Waals surface area contributed by atoms with Gasteiger partial charge in [0.25, 0.3) is 0 Å². The molecule has 0 unspecified atom stereocenters. The number of carbonyl (C=O) groups excluding carboxylic acids is 2. The molecule has 3 aromatic rings. The number of aliphatic hydroxyl groups excluding tert-OH is 1. The van der Waals surface area contributed by atoms with Crippen LogP contribution in [0.3, 0.4) is 0 Å². The van der Waals surface area contributed by atoms with E-state index < -0.39 is 39.8 Å². The summed E-state index contributed by atoms with van der Waals surface area (Å²) in [5.74, 6) is 0.347. The summed E-state index contributed by atoms with van der Waals surface area (Å²) in [5, 5.41) is 14.3. The van der Waals surface area contributed by atoms with E-state index in [1.54, 1.807) is 27.7 Å². The van der Waals surface area contributed by atoms with Gasteiger partial charge in [0.1, 0.15) is 23.7 Å². The van der Waals surface area contributed by atoms with E-state index in [4.69, 9.17) is 14.2 Å². The zero-order valence-corrected chi connectivity index (χ0v) is 28.5. The molecule has 0 aromatic heterocycles. The molecule has 46 heavy (non-hydrogen) atoms. The first-order chi connectivity index (χ1) is 21.5. The van der Waals surface area contributed by atoms with Crippen LogP contribution in [-0.2, 0) is 32.6 Å². The quantitative estimate of drug-likeness (QED) is 0.169. The van der Waals surface area contributed by atoms with Crippen LogP contribution >= 0.6 is 0 Å². The lowest BCUT2D eigenvalue weighted by atomic mass is 10.0. The number of esters is 1. The number of amides is 1. The average molecular weight is 655 g/mol. The molecule has 250 valence electrons. The predicted molar refractivity (Wildman–Crippen MR) is 176 cm³/mol. The second kappa shape index (κ2) is 16.1.